The van der Waals surface area contributed by atoms with Gasteiger partial charge in [-0.15, -0.1) is 0 Å². The minimum Gasteiger partial charge on any atom is -0.481 e. The van der Waals surface area contributed by atoms with Crippen LogP contribution in [0.1, 0.15) is 47.0 Å². The molecule has 0 aromatic rings. The van der Waals surface area contributed by atoms with Crippen molar-refractivity contribution >= 4 is 11.9 Å². The lowest BCUT2D eigenvalue weighted by molar-refractivity contribution is -0.137. The van der Waals surface area contributed by atoms with E-state index in [1.807, 2.05) is 20.8 Å². The number of rotatable bonds is 6. The molecule has 0 saturated carbocycles. The fourth-order valence-corrected chi connectivity index (χ4v) is 1.25. The summed E-state index contributed by atoms with van der Waals surface area (Å²) in [6.45, 7) is 7.75. The van der Waals surface area contributed by atoms with Gasteiger partial charge in [0.1, 0.15) is 0 Å². The lowest BCUT2D eigenvalue weighted by atomic mass is 9.85. The van der Waals surface area contributed by atoms with Crippen LogP contribution in [-0.2, 0) is 9.59 Å². The van der Waals surface area contributed by atoms with Crippen molar-refractivity contribution in [3.8, 4) is 0 Å². The number of carboxylic acid groups (broad SMARTS) is 1. The smallest absolute Gasteiger partial charge is 0.303 e. The van der Waals surface area contributed by atoms with Gasteiger partial charge in [0.05, 0.1) is 0 Å². The van der Waals surface area contributed by atoms with Crippen LogP contribution in [0.4, 0.5) is 0 Å². The molecule has 0 heterocycles. The van der Waals surface area contributed by atoms with E-state index < -0.39 is 5.97 Å². The third kappa shape index (κ3) is 7.74. The Bertz CT molecular complexity index is 271. The Hall–Kier alpha value is -1.10. The van der Waals surface area contributed by atoms with E-state index in [0.29, 0.717) is 6.42 Å². The normalized spacial score (nSPS) is 15.1. The standard InChI is InChI=1S/C12H24N2O3/c1-8(5-6-11(16)17)14-10(15)7-9(13)12(2,3)4/h8-9H,5-7,13H2,1-4H3,(H,14,15)(H,16,17). The van der Waals surface area contributed by atoms with Gasteiger partial charge >= 0.3 is 5.97 Å². The van der Waals surface area contributed by atoms with Crippen molar-refractivity contribution in [2.45, 2.75) is 59.0 Å². The van der Waals surface area contributed by atoms with Gasteiger partial charge in [-0.25, -0.2) is 0 Å². The molecule has 0 aliphatic heterocycles. The van der Waals surface area contributed by atoms with Gasteiger partial charge in [-0.1, -0.05) is 20.8 Å². The highest BCUT2D eigenvalue weighted by Crippen LogP contribution is 2.19. The number of carbonyl (C=O) groups is 2. The Morgan fingerprint density at radius 1 is 1.35 bits per heavy atom. The monoisotopic (exact) mass is 244 g/mol. The number of hydrogen-bond acceptors (Lipinski definition) is 3. The van der Waals surface area contributed by atoms with Crippen LogP contribution in [0.2, 0.25) is 0 Å². The summed E-state index contributed by atoms with van der Waals surface area (Å²) >= 11 is 0. The van der Waals surface area contributed by atoms with Gasteiger partial charge < -0.3 is 16.2 Å². The van der Waals surface area contributed by atoms with Gasteiger partial charge in [0, 0.05) is 24.9 Å². The van der Waals surface area contributed by atoms with E-state index in [9.17, 15) is 9.59 Å². The zero-order valence-corrected chi connectivity index (χ0v) is 11.1. The van der Waals surface area contributed by atoms with Crippen molar-refractivity contribution in [3.05, 3.63) is 0 Å². The molecule has 2 unspecified atom stereocenters. The number of carbonyl (C=O) groups excluding carboxylic acids is 1. The molecule has 0 rings (SSSR count). The average Bonchev–Trinajstić information content (AvgIpc) is 2.12. The maximum absolute atomic E-state index is 11.6. The van der Waals surface area contributed by atoms with E-state index in [2.05, 4.69) is 5.32 Å². The molecule has 0 fully saturated rings. The number of aliphatic carboxylic acids is 1. The van der Waals surface area contributed by atoms with Crippen molar-refractivity contribution in [1.29, 1.82) is 0 Å². The van der Waals surface area contributed by atoms with Crippen LogP contribution in [0, 0.1) is 5.41 Å². The molecule has 5 heteroatoms. The number of hydrogen-bond donors (Lipinski definition) is 3. The molecule has 0 spiro atoms. The summed E-state index contributed by atoms with van der Waals surface area (Å²) < 4.78 is 0. The highest BCUT2D eigenvalue weighted by atomic mass is 16.4. The molecule has 17 heavy (non-hydrogen) atoms. The maximum Gasteiger partial charge on any atom is 0.303 e. The van der Waals surface area contributed by atoms with Crippen LogP contribution in [0.25, 0.3) is 0 Å². The molecule has 0 aromatic heterocycles. The number of nitrogens with one attached hydrogen (secondary N) is 1. The first-order valence-electron chi connectivity index (χ1n) is 5.89. The SMILES string of the molecule is CC(CCC(=O)O)NC(=O)CC(N)C(C)(C)C. The van der Waals surface area contributed by atoms with Crippen molar-refractivity contribution in [1.82, 2.24) is 5.32 Å². The van der Waals surface area contributed by atoms with E-state index >= 15 is 0 Å². The van der Waals surface area contributed by atoms with Gasteiger partial charge in [0.15, 0.2) is 0 Å². The molecule has 2 atom stereocenters. The summed E-state index contributed by atoms with van der Waals surface area (Å²) in [6.07, 6.45) is 0.763. The topological polar surface area (TPSA) is 92.4 Å². The molecular weight excluding hydrogens is 220 g/mol. The largest absolute Gasteiger partial charge is 0.481 e. The molecule has 0 aliphatic rings. The quantitative estimate of drug-likeness (QED) is 0.652. The van der Waals surface area contributed by atoms with Crippen LogP contribution >= 0.6 is 0 Å². The first-order valence-corrected chi connectivity index (χ1v) is 5.89. The Morgan fingerprint density at radius 3 is 2.29 bits per heavy atom. The Labute approximate surface area is 103 Å². The summed E-state index contributed by atoms with van der Waals surface area (Å²) in [5, 5.41) is 11.3. The second kappa shape index (κ2) is 6.59. The Kier molecular flexibility index (Phi) is 6.16. The van der Waals surface area contributed by atoms with Crippen LogP contribution < -0.4 is 11.1 Å². The van der Waals surface area contributed by atoms with E-state index in [0.717, 1.165) is 0 Å². The lowest BCUT2D eigenvalue weighted by Gasteiger charge is -2.27. The van der Waals surface area contributed by atoms with Crippen molar-refractivity contribution in [2.75, 3.05) is 0 Å². The predicted molar refractivity (Wildman–Crippen MR) is 66.5 cm³/mol. The predicted octanol–water partition coefficient (Wildman–Crippen LogP) is 1.12. The van der Waals surface area contributed by atoms with E-state index in [4.69, 9.17) is 10.8 Å². The van der Waals surface area contributed by atoms with Crippen molar-refractivity contribution in [3.63, 3.8) is 0 Å². The molecule has 1 amide bonds. The Morgan fingerprint density at radius 2 is 1.88 bits per heavy atom. The second-order valence-corrected chi connectivity index (χ2v) is 5.58. The summed E-state index contributed by atoms with van der Waals surface area (Å²) in [6, 6.07) is -0.333. The van der Waals surface area contributed by atoms with Gasteiger partial charge in [-0.05, 0) is 18.8 Å². The summed E-state index contributed by atoms with van der Waals surface area (Å²) in [5.41, 5.74) is 5.79. The van der Waals surface area contributed by atoms with E-state index in [-0.39, 0.29) is 36.2 Å². The van der Waals surface area contributed by atoms with Crippen LogP contribution in [0.3, 0.4) is 0 Å². The van der Waals surface area contributed by atoms with Crippen LogP contribution in [-0.4, -0.2) is 29.1 Å². The van der Waals surface area contributed by atoms with Gasteiger partial charge in [0.2, 0.25) is 5.91 Å². The molecule has 0 aliphatic carbocycles. The van der Waals surface area contributed by atoms with Crippen LogP contribution in [0.15, 0.2) is 0 Å². The van der Waals surface area contributed by atoms with Crippen molar-refractivity contribution < 1.29 is 14.7 Å². The summed E-state index contributed by atoms with van der Waals surface area (Å²) in [5.74, 6) is -0.970. The first-order chi connectivity index (χ1) is 7.62. The third-order valence-corrected chi connectivity index (χ3v) is 2.72. The lowest BCUT2D eigenvalue weighted by Crippen LogP contribution is -2.42. The van der Waals surface area contributed by atoms with E-state index in [1.54, 1.807) is 6.92 Å². The molecule has 0 bridgehead atoms. The summed E-state index contributed by atoms with van der Waals surface area (Å²) in [7, 11) is 0. The van der Waals surface area contributed by atoms with E-state index in [1.165, 1.54) is 0 Å². The molecule has 5 nitrogen and oxygen atoms in total. The third-order valence-electron chi connectivity index (χ3n) is 2.72. The maximum atomic E-state index is 11.6. The zero-order valence-electron chi connectivity index (χ0n) is 11.1. The molecule has 0 radical (unpaired) electrons. The van der Waals surface area contributed by atoms with Crippen molar-refractivity contribution in [2.24, 2.45) is 11.1 Å². The molecule has 0 saturated heterocycles. The molecule has 0 aromatic carbocycles. The van der Waals surface area contributed by atoms with Gasteiger partial charge in [-0.2, -0.15) is 0 Å². The second-order valence-electron chi connectivity index (χ2n) is 5.58. The minimum atomic E-state index is -0.850. The van der Waals surface area contributed by atoms with Crippen LogP contribution in [0.5, 0.6) is 0 Å². The molecular formula is C12H24N2O3. The van der Waals surface area contributed by atoms with Gasteiger partial charge in [-0.3, -0.25) is 9.59 Å². The highest BCUT2D eigenvalue weighted by Gasteiger charge is 2.23. The number of nitrogens with two attached hydrogens (primary N) is 1. The number of amides is 1. The van der Waals surface area contributed by atoms with Gasteiger partial charge in [0.25, 0.3) is 0 Å². The summed E-state index contributed by atoms with van der Waals surface area (Å²) in [4.78, 5) is 22.0. The minimum absolute atomic E-state index is 0.0623. The Balaban J connectivity index is 3.97. The highest BCUT2D eigenvalue weighted by molar-refractivity contribution is 5.77. The first kappa shape index (κ1) is 15.9. The fraction of sp³-hybridized carbons (Fsp3) is 0.833. The number of carboxylic acids is 1. The molecule has 100 valence electrons. The zero-order chi connectivity index (χ0) is 13.6. The fourth-order valence-electron chi connectivity index (χ4n) is 1.25. The molecule has 4 N–H and O–H groups in total. The average molecular weight is 244 g/mol.